The van der Waals surface area contributed by atoms with E-state index in [9.17, 15) is 9.18 Å². The number of benzene rings is 1. The van der Waals surface area contributed by atoms with Gasteiger partial charge < -0.3 is 9.64 Å². The fourth-order valence-corrected chi connectivity index (χ4v) is 3.71. The quantitative estimate of drug-likeness (QED) is 0.801. The van der Waals surface area contributed by atoms with Crippen LogP contribution in [0.2, 0.25) is 0 Å². The van der Waals surface area contributed by atoms with E-state index in [2.05, 4.69) is 0 Å². The van der Waals surface area contributed by atoms with Crippen molar-refractivity contribution in [1.82, 2.24) is 9.80 Å². The van der Waals surface area contributed by atoms with Gasteiger partial charge in [0.1, 0.15) is 6.10 Å². The van der Waals surface area contributed by atoms with Crippen LogP contribution in [0.1, 0.15) is 25.3 Å². The van der Waals surface area contributed by atoms with Crippen LogP contribution in [0.3, 0.4) is 0 Å². The molecular weight excluding hydrogens is 295 g/mol. The molecule has 1 amide bonds. The number of likely N-dealkylation sites (tertiary alicyclic amines) is 1. The van der Waals surface area contributed by atoms with Crippen molar-refractivity contribution in [2.75, 3.05) is 26.7 Å². The fourth-order valence-electron chi connectivity index (χ4n) is 3.71. The van der Waals surface area contributed by atoms with Crippen molar-refractivity contribution in [1.29, 1.82) is 0 Å². The van der Waals surface area contributed by atoms with Crippen LogP contribution >= 0.6 is 0 Å². The van der Waals surface area contributed by atoms with E-state index < -0.39 is 12.4 Å². The van der Waals surface area contributed by atoms with E-state index in [0.29, 0.717) is 26.1 Å². The van der Waals surface area contributed by atoms with Gasteiger partial charge in [0, 0.05) is 33.1 Å². The number of alkyl halides is 1. The van der Waals surface area contributed by atoms with E-state index in [1.54, 1.807) is 11.8 Å². The van der Waals surface area contributed by atoms with Crippen molar-refractivity contribution in [2.24, 2.45) is 0 Å². The second-order valence-electron chi connectivity index (χ2n) is 6.80. The van der Waals surface area contributed by atoms with Gasteiger partial charge in [0.05, 0.1) is 5.60 Å². The van der Waals surface area contributed by atoms with Crippen molar-refractivity contribution < 1.29 is 13.9 Å². The highest BCUT2D eigenvalue weighted by Crippen LogP contribution is 2.33. The minimum absolute atomic E-state index is 0.0329. The lowest BCUT2D eigenvalue weighted by Crippen LogP contribution is -2.60. The van der Waals surface area contributed by atoms with Crippen LogP contribution in [-0.2, 0) is 16.0 Å². The molecule has 0 saturated carbocycles. The van der Waals surface area contributed by atoms with Crippen molar-refractivity contribution in [2.45, 2.75) is 44.2 Å². The zero-order valence-corrected chi connectivity index (χ0v) is 13.9. The Morgan fingerprint density at radius 1 is 1.30 bits per heavy atom. The Morgan fingerprint density at radius 3 is 2.57 bits per heavy atom. The highest BCUT2D eigenvalue weighted by Gasteiger charge is 2.44. The molecule has 1 aromatic carbocycles. The van der Waals surface area contributed by atoms with Crippen LogP contribution in [0, 0.1) is 0 Å². The van der Waals surface area contributed by atoms with Gasteiger partial charge >= 0.3 is 0 Å². The van der Waals surface area contributed by atoms with Crippen molar-refractivity contribution in [3.8, 4) is 0 Å². The van der Waals surface area contributed by atoms with E-state index in [1.807, 2.05) is 42.3 Å². The van der Waals surface area contributed by atoms with Gasteiger partial charge in [-0.05, 0) is 25.3 Å². The first-order chi connectivity index (χ1) is 11.0. The first-order valence-electron chi connectivity index (χ1n) is 8.34. The molecule has 0 N–H and O–H groups in total. The van der Waals surface area contributed by atoms with Crippen molar-refractivity contribution >= 4 is 5.91 Å². The first-order valence-corrected chi connectivity index (χ1v) is 8.34. The van der Waals surface area contributed by atoms with E-state index >= 15 is 0 Å². The molecule has 2 fully saturated rings. The molecule has 3 rings (SSSR count). The average Bonchev–Trinajstić information content (AvgIpc) is 2.54. The van der Waals surface area contributed by atoms with Gasteiger partial charge in [-0.3, -0.25) is 9.69 Å². The molecule has 1 unspecified atom stereocenters. The highest BCUT2D eigenvalue weighted by molar-refractivity contribution is 5.81. The molecular formula is C18H25FN2O2. The third-order valence-corrected chi connectivity index (χ3v) is 5.03. The van der Waals surface area contributed by atoms with E-state index in [0.717, 1.165) is 18.4 Å². The predicted octanol–water partition coefficient (Wildman–Crippen LogP) is 2.24. The standard InChI is InChI=1S/C18H25FN2O2/c1-14-17(22)20(2)13-18(23-14)8-10-21(11-9-18)16(19)12-15-6-4-3-5-7-15/h3-7,14,16H,8-13H2,1-2H3/t14-,16?/m1/s1. The fraction of sp³-hybridized carbons (Fsp3) is 0.611. The molecule has 2 atom stereocenters. The van der Waals surface area contributed by atoms with Crippen molar-refractivity contribution in [3.05, 3.63) is 35.9 Å². The predicted molar refractivity (Wildman–Crippen MR) is 86.8 cm³/mol. The molecule has 2 aliphatic rings. The number of carbonyl (C=O) groups is 1. The molecule has 1 spiro atoms. The Labute approximate surface area is 137 Å². The lowest BCUT2D eigenvalue weighted by Gasteiger charge is -2.48. The van der Waals surface area contributed by atoms with Crippen molar-refractivity contribution in [3.63, 3.8) is 0 Å². The van der Waals surface area contributed by atoms with Gasteiger partial charge in [-0.1, -0.05) is 30.3 Å². The second kappa shape index (κ2) is 6.57. The monoisotopic (exact) mass is 320 g/mol. The first kappa shape index (κ1) is 16.4. The summed E-state index contributed by atoms with van der Waals surface area (Å²) >= 11 is 0. The van der Waals surface area contributed by atoms with Gasteiger partial charge in [-0.15, -0.1) is 0 Å². The van der Waals surface area contributed by atoms with Gasteiger partial charge in [-0.2, -0.15) is 0 Å². The second-order valence-corrected chi connectivity index (χ2v) is 6.80. The zero-order chi connectivity index (χ0) is 16.4. The molecule has 2 aliphatic heterocycles. The number of carbonyl (C=O) groups excluding carboxylic acids is 1. The largest absolute Gasteiger partial charge is 0.360 e. The summed E-state index contributed by atoms with van der Waals surface area (Å²) in [6.45, 7) is 3.75. The number of nitrogens with zero attached hydrogens (tertiary/aromatic N) is 2. The maximum Gasteiger partial charge on any atom is 0.251 e. The highest BCUT2D eigenvalue weighted by atomic mass is 19.1. The summed E-state index contributed by atoms with van der Waals surface area (Å²) in [6.07, 6.45) is 0.596. The topological polar surface area (TPSA) is 32.8 Å². The van der Waals surface area contributed by atoms with Crippen LogP contribution in [-0.4, -0.2) is 60.4 Å². The van der Waals surface area contributed by atoms with Crippen LogP contribution in [0.25, 0.3) is 0 Å². The number of likely N-dealkylation sites (N-methyl/N-ethyl adjacent to an activating group) is 1. The molecule has 0 aliphatic carbocycles. The van der Waals surface area contributed by atoms with Gasteiger partial charge in [0.2, 0.25) is 0 Å². The van der Waals surface area contributed by atoms with Crippen LogP contribution < -0.4 is 0 Å². The molecule has 0 aromatic heterocycles. The Kier molecular flexibility index (Phi) is 4.69. The van der Waals surface area contributed by atoms with Crippen LogP contribution in [0.5, 0.6) is 0 Å². The lowest BCUT2D eigenvalue weighted by molar-refractivity contribution is -0.189. The zero-order valence-electron chi connectivity index (χ0n) is 13.9. The number of halogens is 1. The smallest absolute Gasteiger partial charge is 0.251 e. The number of ether oxygens (including phenoxy) is 1. The number of morpholine rings is 1. The van der Waals surface area contributed by atoms with Crippen LogP contribution in [0.4, 0.5) is 4.39 Å². The molecule has 126 valence electrons. The van der Waals surface area contributed by atoms with Crippen LogP contribution in [0.15, 0.2) is 30.3 Å². The van der Waals surface area contributed by atoms with E-state index in [4.69, 9.17) is 4.74 Å². The summed E-state index contributed by atoms with van der Waals surface area (Å²) in [5, 5.41) is 0. The van der Waals surface area contributed by atoms with Gasteiger partial charge in [-0.25, -0.2) is 4.39 Å². The Balaban J connectivity index is 1.57. The summed E-state index contributed by atoms with van der Waals surface area (Å²) in [4.78, 5) is 15.5. The normalized spacial score (nSPS) is 26.5. The maximum atomic E-state index is 14.6. The number of hydrogen-bond acceptors (Lipinski definition) is 3. The summed E-state index contributed by atoms with van der Waals surface area (Å²) in [7, 11) is 1.82. The SMILES string of the molecule is C[C@H]1OC2(CCN(C(F)Cc3ccccc3)CC2)CN(C)C1=O. The Bertz CT molecular complexity index is 527. The Hall–Kier alpha value is -1.46. The van der Waals surface area contributed by atoms with E-state index in [-0.39, 0.29) is 11.5 Å². The molecule has 0 bridgehead atoms. The third kappa shape index (κ3) is 3.56. The average molecular weight is 320 g/mol. The molecule has 1 aromatic rings. The van der Waals surface area contributed by atoms with Gasteiger partial charge in [0.15, 0.2) is 6.30 Å². The molecule has 4 nitrogen and oxygen atoms in total. The minimum atomic E-state index is -0.963. The summed E-state index contributed by atoms with van der Waals surface area (Å²) in [5.74, 6) is 0.0329. The molecule has 0 radical (unpaired) electrons. The number of amides is 1. The molecule has 2 heterocycles. The summed E-state index contributed by atoms with van der Waals surface area (Å²) in [6, 6.07) is 9.75. The molecule has 2 saturated heterocycles. The molecule has 23 heavy (non-hydrogen) atoms. The number of piperidine rings is 1. The van der Waals surface area contributed by atoms with E-state index in [1.165, 1.54) is 0 Å². The number of hydrogen-bond donors (Lipinski definition) is 0. The summed E-state index contributed by atoms with van der Waals surface area (Å²) < 4.78 is 20.6. The minimum Gasteiger partial charge on any atom is -0.360 e. The maximum absolute atomic E-state index is 14.6. The lowest BCUT2D eigenvalue weighted by atomic mass is 9.88. The Morgan fingerprint density at radius 2 is 1.96 bits per heavy atom. The third-order valence-electron chi connectivity index (χ3n) is 5.03. The number of rotatable bonds is 3. The summed E-state index contributed by atoms with van der Waals surface area (Å²) in [5.41, 5.74) is 0.721. The van der Waals surface area contributed by atoms with Gasteiger partial charge in [0.25, 0.3) is 5.91 Å². The molecule has 5 heteroatoms.